The van der Waals surface area contributed by atoms with E-state index in [4.69, 9.17) is 0 Å². The largest absolute Gasteiger partial charge is 0.358 e. The molecule has 1 aromatic rings. The molecule has 0 fully saturated rings. The molecule has 0 heterocycles. The zero-order valence-electron chi connectivity index (χ0n) is 14.1. The van der Waals surface area contributed by atoms with Gasteiger partial charge in [0, 0.05) is 26.2 Å². The van der Waals surface area contributed by atoms with Crippen molar-refractivity contribution in [3.8, 4) is 0 Å². The molecule has 0 spiro atoms. The van der Waals surface area contributed by atoms with E-state index in [0.29, 0.717) is 0 Å². The minimum atomic E-state index is -3.31. The normalized spacial score (nSPS) is 11.1. The molecule has 124 valence electrons. The maximum atomic E-state index is 12.6. The van der Waals surface area contributed by atoms with Crippen molar-refractivity contribution in [2.24, 2.45) is 0 Å². The average Bonchev–Trinajstić information content (AvgIpc) is 2.49. The smallest absolute Gasteiger partial charge is 0.179 e. The van der Waals surface area contributed by atoms with Crippen molar-refractivity contribution in [2.45, 2.75) is 33.4 Å². The summed E-state index contributed by atoms with van der Waals surface area (Å²) < 4.78 is 25.1. The third-order valence-corrected chi connectivity index (χ3v) is 4.98. The SMILES string of the molecule is CCN(CC)C(=CS(=O)(=O)Cc1ccccc1)N(CC)CC. The van der Waals surface area contributed by atoms with Crippen LogP contribution in [-0.2, 0) is 15.6 Å². The maximum absolute atomic E-state index is 12.6. The van der Waals surface area contributed by atoms with Gasteiger partial charge in [0.2, 0.25) is 0 Å². The summed E-state index contributed by atoms with van der Waals surface area (Å²) >= 11 is 0. The summed E-state index contributed by atoms with van der Waals surface area (Å²) in [4.78, 5) is 4.19. The fourth-order valence-corrected chi connectivity index (χ4v) is 3.81. The molecule has 0 aliphatic heterocycles. The van der Waals surface area contributed by atoms with Gasteiger partial charge < -0.3 is 9.80 Å². The molecule has 1 aromatic carbocycles. The summed E-state index contributed by atoms with van der Waals surface area (Å²) in [6, 6.07) is 9.32. The van der Waals surface area contributed by atoms with Crippen LogP contribution in [0.5, 0.6) is 0 Å². The van der Waals surface area contributed by atoms with Gasteiger partial charge in [-0.3, -0.25) is 0 Å². The molecular weight excluding hydrogens is 296 g/mol. The van der Waals surface area contributed by atoms with Crippen LogP contribution in [0.25, 0.3) is 0 Å². The van der Waals surface area contributed by atoms with Crippen molar-refractivity contribution in [3.05, 3.63) is 47.1 Å². The van der Waals surface area contributed by atoms with E-state index in [1.165, 1.54) is 5.41 Å². The number of nitrogens with zero attached hydrogens (tertiary/aromatic N) is 2. The molecule has 0 atom stereocenters. The summed E-state index contributed by atoms with van der Waals surface area (Å²) in [6.45, 7) is 11.4. The number of hydrogen-bond acceptors (Lipinski definition) is 4. The van der Waals surface area contributed by atoms with Gasteiger partial charge in [-0.25, -0.2) is 8.42 Å². The Hall–Kier alpha value is -1.49. The van der Waals surface area contributed by atoms with Crippen molar-refractivity contribution < 1.29 is 8.42 Å². The Bertz CT molecular complexity index is 546. The lowest BCUT2D eigenvalue weighted by atomic mass is 10.2. The lowest BCUT2D eigenvalue weighted by Crippen LogP contribution is -2.36. The Balaban J connectivity index is 3.13. The van der Waals surface area contributed by atoms with E-state index in [1.54, 1.807) is 0 Å². The first-order valence-corrected chi connectivity index (χ1v) is 9.67. The molecule has 0 radical (unpaired) electrons. The van der Waals surface area contributed by atoms with Crippen LogP contribution >= 0.6 is 0 Å². The number of rotatable bonds is 9. The second-order valence-electron chi connectivity index (χ2n) is 5.11. The van der Waals surface area contributed by atoms with Gasteiger partial charge in [-0.2, -0.15) is 0 Å². The fraction of sp³-hybridized carbons (Fsp3) is 0.529. The Labute approximate surface area is 135 Å². The first-order chi connectivity index (χ1) is 10.5. The van der Waals surface area contributed by atoms with E-state index in [-0.39, 0.29) is 5.75 Å². The highest BCUT2D eigenvalue weighted by Gasteiger charge is 2.17. The topological polar surface area (TPSA) is 40.6 Å². The first kappa shape index (κ1) is 18.6. The van der Waals surface area contributed by atoms with Crippen LogP contribution in [0.1, 0.15) is 33.3 Å². The third kappa shape index (κ3) is 5.37. The van der Waals surface area contributed by atoms with Crippen molar-refractivity contribution in [1.82, 2.24) is 9.80 Å². The molecule has 0 saturated heterocycles. The van der Waals surface area contributed by atoms with Gasteiger partial charge in [-0.1, -0.05) is 30.3 Å². The predicted octanol–water partition coefficient (Wildman–Crippen LogP) is 3.08. The lowest BCUT2D eigenvalue weighted by molar-refractivity contribution is 0.236. The molecule has 22 heavy (non-hydrogen) atoms. The second kappa shape index (κ2) is 8.83. The first-order valence-electron chi connectivity index (χ1n) is 7.95. The Kier molecular flexibility index (Phi) is 7.45. The lowest BCUT2D eigenvalue weighted by Gasteiger charge is -2.33. The van der Waals surface area contributed by atoms with Crippen molar-refractivity contribution >= 4 is 9.84 Å². The van der Waals surface area contributed by atoms with E-state index in [2.05, 4.69) is 9.80 Å². The van der Waals surface area contributed by atoms with Gasteiger partial charge >= 0.3 is 0 Å². The zero-order valence-corrected chi connectivity index (χ0v) is 14.9. The molecule has 0 aliphatic carbocycles. The van der Waals surface area contributed by atoms with E-state index >= 15 is 0 Å². The minimum absolute atomic E-state index is 0.0415. The van der Waals surface area contributed by atoms with Crippen LogP contribution in [-0.4, -0.2) is 44.4 Å². The van der Waals surface area contributed by atoms with Crippen LogP contribution in [0.3, 0.4) is 0 Å². The molecule has 0 amide bonds. The summed E-state index contributed by atoms with van der Waals surface area (Å²) in [7, 11) is -3.31. The van der Waals surface area contributed by atoms with Gasteiger partial charge in [0.05, 0.1) is 11.2 Å². The van der Waals surface area contributed by atoms with Crippen LogP contribution < -0.4 is 0 Å². The van der Waals surface area contributed by atoms with Gasteiger partial charge in [0.1, 0.15) is 5.82 Å². The van der Waals surface area contributed by atoms with E-state index in [1.807, 2.05) is 58.0 Å². The molecule has 0 N–H and O–H groups in total. The minimum Gasteiger partial charge on any atom is -0.358 e. The van der Waals surface area contributed by atoms with Gasteiger partial charge in [-0.15, -0.1) is 0 Å². The average molecular weight is 324 g/mol. The van der Waals surface area contributed by atoms with Crippen LogP contribution in [0.15, 0.2) is 41.6 Å². The standard InChI is InChI=1S/C17H28N2O2S/c1-5-18(6-2)17(19(7-3)8-4)15-22(20,21)14-16-12-10-9-11-13-16/h9-13,15H,5-8,14H2,1-4H3. The Morgan fingerprint density at radius 1 is 0.909 bits per heavy atom. The van der Waals surface area contributed by atoms with Crippen molar-refractivity contribution in [2.75, 3.05) is 26.2 Å². The number of sulfone groups is 1. The molecule has 0 aliphatic rings. The van der Waals surface area contributed by atoms with Gasteiger partial charge in [0.25, 0.3) is 0 Å². The predicted molar refractivity (Wildman–Crippen MR) is 93.0 cm³/mol. The second-order valence-corrected chi connectivity index (χ2v) is 6.96. The molecular formula is C17H28N2O2S. The van der Waals surface area contributed by atoms with E-state index in [0.717, 1.165) is 37.6 Å². The Morgan fingerprint density at radius 2 is 1.36 bits per heavy atom. The molecule has 4 nitrogen and oxygen atoms in total. The highest BCUT2D eigenvalue weighted by Crippen LogP contribution is 2.15. The molecule has 0 saturated carbocycles. The van der Waals surface area contributed by atoms with Gasteiger partial charge in [-0.05, 0) is 33.3 Å². The highest BCUT2D eigenvalue weighted by atomic mass is 32.2. The van der Waals surface area contributed by atoms with E-state index in [9.17, 15) is 8.42 Å². The number of benzene rings is 1. The van der Waals surface area contributed by atoms with Crippen molar-refractivity contribution in [1.29, 1.82) is 0 Å². The molecule has 1 rings (SSSR count). The summed E-state index contributed by atoms with van der Waals surface area (Å²) in [6.07, 6.45) is 0. The molecule has 0 bridgehead atoms. The van der Waals surface area contributed by atoms with E-state index < -0.39 is 9.84 Å². The van der Waals surface area contributed by atoms with Crippen LogP contribution in [0.4, 0.5) is 0 Å². The highest BCUT2D eigenvalue weighted by molar-refractivity contribution is 7.93. The number of hydrogen-bond donors (Lipinski definition) is 0. The maximum Gasteiger partial charge on any atom is 0.179 e. The zero-order chi connectivity index (χ0) is 16.6. The molecule has 0 aromatic heterocycles. The molecule has 5 heteroatoms. The van der Waals surface area contributed by atoms with Crippen LogP contribution in [0.2, 0.25) is 0 Å². The summed E-state index contributed by atoms with van der Waals surface area (Å²) in [5.74, 6) is 0.839. The fourth-order valence-electron chi connectivity index (χ4n) is 2.45. The Morgan fingerprint density at radius 3 is 1.77 bits per heavy atom. The summed E-state index contributed by atoms with van der Waals surface area (Å²) in [5.41, 5.74) is 0.817. The van der Waals surface area contributed by atoms with Gasteiger partial charge in [0.15, 0.2) is 9.84 Å². The van der Waals surface area contributed by atoms with Crippen LogP contribution in [0, 0.1) is 0 Å². The summed E-state index contributed by atoms with van der Waals surface area (Å²) in [5, 5.41) is 1.44. The quantitative estimate of drug-likeness (QED) is 0.700. The molecule has 0 unspecified atom stereocenters. The monoisotopic (exact) mass is 324 g/mol. The third-order valence-electron chi connectivity index (χ3n) is 3.67. The van der Waals surface area contributed by atoms with Crippen molar-refractivity contribution in [3.63, 3.8) is 0 Å².